The van der Waals surface area contributed by atoms with Gasteiger partial charge in [-0.05, 0) is 31.3 Å². The van der Waals surface area contributed by atoms with E-state index >= 15 is 0 Å². The molecule has 0 radical (unpaired) electrons. The molecule has 0 fully saturated rings. The standard InChI is InChI=1S/C12H12N2OS/c1-8(2)7-14-10-6-4-3-5-9(10)11(15)13-12(14)16/h3-6H,1,7H2,2H3,(H,13,15,16). The van der Waals surface area contributed by atoms with Crippen LogP contribution in [0.3, 0.4) is 0 Å². The van der Waals surface area contributed by atoms with E-state index in [9.17, 15) is 4.79 Å². The molecule has 2 rings (SSSR count). The Labute approximate surface area is 98.1 Å². The third-order valence-electron chi connectivity index (χ3n) is 2.33. The smallest absolute Gasteiger partial charge is 0.259 e. The minimum atomic E-state index is -0.140. The van der Waals surface area contributed by atoms with E-state index in [0.29, 0.717) is 16.7 Å². The summed E-state index contributed by atoms with van der Waals surface area (Å²) in [5, 5.41) is 0.650. The van der Waals surface area contributed by atoms with Crippen molar-refractivity contribution in [2.75, 3.05) is 0 Å². The van der Waals surface area contributed by atoms with Crippen LogP contribution in [0.4, 0.5) is 0 Å². The second-order valence-electron chi connectivity index (χ2n) is 3.82. The summed E-state index contributed by atoms with van der Waals surface area (Å²) in [6.45, 7) is 6.41. The van der Waals surface area contributed by atoms with Crippen LogP contribution in [0, 0.1) is 4.77 Å². The fourth-order valence-corrected chi connectivity index (χ4v) is 1.92. The molecule has 4 heteroatoms. The highest BCUT2D eigenvalue weighted by atomic mass is 32.1. The summed E-state index contributed by atoms with van der Waals surface area (Å²) in [6.07, 6.45) is 0. The van der Waals surface area contributed by atoms with Crippen molar-refractivity contribution in [1.82, 2.24) is 9.55 Å². The average molecular weight is 232 g/mol. The minimum absolute atomic E-state index is 0.140. The molecule has 16 heavy (non-hydrogen) atoms. The van der Waals surface area contributed by atoms with Crippen LogP contribution in [0.25, 0.3) is 10.9 Å². The summed E-state index contributed by atoms with van der Waals surface area (Å²) in [6, 6.07) is 7.42. The zero-order valence-electron chi connectivity index (χ0n) is 8.99. The van der Waals surface area contributed by atoms with Crippen LogP contribution in [0.5, 0.6) is 0 Å². The van der Waals surface area contributed by atoms with Gasteiger partial charge in [-0.25, -0.2) is 0 Å². The monoisotopic (exact) mass is 232 g/mol. The molecule has 0 saturated heterocycles. The van der Waals surface area contributed by atoms with E-state index in [1.165, 1.54) is 0 Å². The molecule has 0 atom stereocenters. The van der Waals surface area contributed by atoms with Gasteiger partial charge >= 0.3 is 0 Å². The van der Waals surface area contributed by atoms with Gasteiger partial charge in [-0.3, -0.25) is 9.78 Å². The highest BCUT2D eigenvalue weighted by Crippen LogP contribution is 2.10. The number of H-pyrrole nitrogens is 1. The van der Waals surface area contributed by atoms with Crippen LogP contribution in [0.2, 0.25) is 0 Å². The Morgan fingerprint density at radius 3 is 2.88 bits per heavy atom. The van der Waals surface area contributed by atoms with E-state index in [4.69, 9.17) is 12.2 Å². The maximum absolute atomic E-state index is 11.7. The minimum Gasteiger partial charge on any atom is -0.314 e. The van der Waals surface area contributed by atoms with Gasteiger partial charge in [0.25, 0.3) is 5.56 Å². The first-order chi connectivity index (χ1) is 7.59. The SMILES string of the molecule is C=C(C)Cn1c(=S)[nH]c(=O)c2ccccc21. The Morgan fingerprint density at radius 2 is 2.19 bits per heavy atom. The number of hydrogen-bond acceptors (Lipinski definition) is 2. The molecule has 1 heterocycles. The molecular weight excluding hydrogens is 220 g/mol. The maximum atomic E-state index is 11.7. The number of hydrogen-bond donors (Lipinski definition) is 1. The first-order valence-electron chi connectivity index (χ1n) is 4.96. The highest BCUT2D eigenvalue weighted by molar-refractivity contribution is 7.71. The van der Waals surface area contributed by atoms with Crippen LogP contribution >= 0.6 is 12.2 Å². The van der Waals surface area contributed by atoms with Gasteiger partial charge in [0.15, 0.2) is 4.77 Å². The summed E-state index contributed by atoms with van der Waals surface area (Å²) in [4.78, 5) is 14.3. The van der Waals surface area contributed by atoms with Gasteiger partial charge in [0.2, 0.25) is 0 Å². The van der Waals surface area contributed by atoms with Gasteiger partial charge in [-0.15, -0.1) is 0 Å². The molecule has 0 unspecified atom stereocenters. The van der Waals surface area contributed by atoms with Gasteiger partial charge in [-0.1, -0.05) is 24.3 Å². The first-order valence-corrected chi connectivity index (χ1v) is 5.36. The van der Waals surface area contributed by atoms with E-state index in [2.05, 4.69) is 11.6 Å². The normalized spacial score (nSPS) is 10.6. The second-order valence-corrected chi connectivity index (χ2v) is 4.21. The number of rotatable bonds is 2. The van der Waals surface area contributed by atoms with Crippen LogP contribution in [-0.2, 0) is 6.54 Å². The molecule has 0 spiro atoms. The van der Waals surface area contributed by atoms with E-state index in [1.807, 2.05) is 29.7 Å². The molecule has 0 aliphatic heterocycles. The molecule has 1 aromatic heterocycles. The Balaban J connectivity index is 2.87. The van der Waals surface area contributed by atoms with Crippen molar-refractivity contribution in [3.63, 3.8) is 0 Å². The van der Waals surface area contributed by atoms with Crippen molar-refractivity contribution in [3.05, 3.63) is 51.5 Å². The van der Waals surface area contributed by atoms with Crippen molar-refractivity contribution >= 4 is 23.1 Å². The van der Waals surface area contributed by atoms with Gasteiger partial charge in [0.05, 0.1) is 10.9 Å². The van der Waals surface area contributed by atoms with Crippen LogP contribution in [0.15, 0.2) is 41.2 Å². The lowest BCUT2D eigenvalue weighted by Crippen LogP contribution is -2.14. The van der Waals surface area contributed by atoms with Gasteiger partial charge in [0.1, 0.15) is 0 Å². The third kappa shape index (κ3) is 1.84. The summed E-state index contributed by atoms with van der Waals surface area (Å²) < 4.78 is 2.32. The Hall–Kier alpha value is -1.68. The van der Waals surface area contributed by atoms with Gasteiger partial charge < -0.3 is 4.57 Å². The number of aromatic nitrogens is 2. The van der Waals surface area contributed by atoms with Crippen LogP contribution in [0.1, 0.15) is 6.92 Å². The molecule has 82 valence electrons. The molecule has 0 saturated carbocycles. The number of benzene rings is 1. The zero-order valence-corrected chi connectivity index (χ0v) is 9.80. The lowest BCUT2D eigenvalue weighted by molar-refractivity contribution is 0.771. The lowest BCUT2D eigenvalue weighted by Gasteiger charge is -2.10. The average Bonchev–Trinajstić information content (AvgIpc) is 2.24. The molecular formula is C12H12N2OS. The van der Waals surface area contributed by atoms with Gasteiger partial charge in [-0.2, -0.15) is 0 Å². The Bertz CT molecular complexity index is 667. The molecule has 3 nitrogen and oxygen atoms in total. The van der Waals surface area contributed by atoms with E-state index in [-0.39, 0.29) is 5.56 Å². The van der Waals surface area contributed by atoms with Crippen LogP contribution in [-0.4, -0.2) is 9.55 Å². The second kappa shape index (κ2) is 4.06. The fourth-order valence-electron chi connectivity index (χ4n) is 1.67. The number of aromatic amines is 1. The lowest BCUT2D eigenvalue weighted by atomic mass is 10.2. The van der Waals surface area contributed by atoms with Crippen molar-refractivity contribution in [2.45, 2.75) is 13.5 Å². The summed E-state index contributed by atoms with van der Waals surface area (Å²) in [5.74, 6) is 0. The van der Waals surface area contributed by atoms with Gasteiger partial charge in [0, 0.05) is 6.54 Å². The highest BCUT2D eigenvalue weighted by Gasteiger charge is 2.03. The summed E-state index contributed by atoms with van der Waals surface area (Å²) in [7, 11) is 0. The molecule has 0 aliphatic rings. The summed E-state index contributed by atoms with van der Waals surface area (Å²) in [5.41, 5.74) is 1.70. The fraction of sp³-hybridized carbons (Fsp3) is 0.167. The Kier molecular flexibility index (Phi) is 2.75. The van der Waals surface area contributed by atoms with E-state index < -0.39 is 0 Å². The molecule has 0 bridgehead atoms. The van der Waals surface area contributed by atoms with E-state index in [0.717, 1.165) is 11.1 Å². The zero-order chi connectivity index (χ0) is 11.7. The van der Waals surface area contributed by atoms with Crippen molar-refractivity contribution < 1.29 is 0 Å². The topological polar surface area (TPSA) is 37.8 Å². The Morgan fingerprint density at radius 1 is 1.50 bits per heavy atom. The number of nitrogens with one attached hydrogen (secondary N) is 1. The number of nitrogens with zero attached hydrogens (tertiary/aromatic N) is 1. The van der Waals surface area contributed by atoms with Crippen molar-refractivity contribution in [3.8, 4) is 0 Å². The predicted molar refractivity (Wildman–Crippen MR) is 68.2 cm³/mol. The van der Waals surface area contributed by atoms with E-state index in [1.54, 1.807) is 6.07 Å². The molecule has 1 aromatic carbocycles. The summed E-state index contributed by atoms with van der Waals surface area (Å²) >= 11 is 5.15. The molecule has 2 aromatic rings. The molecule has 0 aliphatic carbocycles. The predicted octanol–water partition coefficient (Wildman–Crippen LogP) is 2.64. The molecule has 0 amide bonds. The maximum Gasteiger partial charge on any atom is 0.259 e. The number of para-hydroxylation sites is 1. The molecule has 1 N–H and O–H groups in total. The largest absolute Gasteiger partial charge is 0.314 e. The quantitative estimate of drug-likeness (QED) is 0.638. The first kappa shape index (κ1) is 10.8. The third-order valence-corrected chi connectivity index (χ3v) is 2.66. The van der Waals surface area contributed by atoms with Crippen molar-refractivity contribution in [2.24, 2.45) is 0 Å². The number of fused-ring (bicyclic) bond motifs is 1. The van der Waals surface area contributed by atoms with Crippen molar-refractivity contribution in [1.29, 1.82) is 0 Å². The number of allylic oxidation sites excluding steroid dienone is 1. The van der Waals surface area contributed by atoms with Crippen LogP contribution < -0.4 is 5.56 Å².